The van der Waals surface area contributed by atoms with Gasteiger partial charge in [0.05, 0.1) is 17.8 Å². The largest absolute Gasteiger partial charge is 0.349 e. The maximum Gasteiger partial charge on any atom is 0.275 e. The van der Waals surface area contributed by atoms with Crippen LogP contribution in [0.1, 0.15) is 37.6 Å². The number of nitrogens with one attached hydrogen (secondary N) is 2. The normalized spacial score (nSPS) is 12.1. The lowest BCUT2D eigenvalue weighted by molar-refractivity contribution is -0.885. The van der Waals surface area contributed by atoms with Crippen molar-refractivity contribution in [3.05, 3.63) is 39.4 Å². The van der Waals surface area contributed by atoms with Crippen LogP contribution >= 0.6 is 22.9 Å². The highest BCUT2D eigenvalue weighted by Gasteiger charge is 2.23. The molecule has 1 atom stereocenters. The Morgan fingerprint density at radius 1 is 1.32 bits per heavy atom. The molecule has 0 aliphatic heterocycles. The lowest BCUT2D eigenvalue weighted by Gasteiger charge is -2.22. The first-order valence-electron chi connectivity index (χ1n) is 9.21. The first kappa shape index (κ1) is 22.3. The second-order valence-corrected chi connectivity index (χ2v) is 8.66. The van der Waals surface area contributed by atoms with Crippen LogP contribution in [0.3, 0.4) is 0 Å². The van der Waals surface area contributed by atoms with E-state index in [4.69, 9.17) is 11.6 Å². The Kier molecular flexibility index (Phi) is 7.57. The van der Waals surface area contributed by atoms with Gasteiger partial charge in [-0.25, -0.2) is 4.98 Å². The fourth-order valence-corrected chi connectivity index (χ4v) is 4.36. The Morgan fingerprint density at radius 2 is 2.00 bits per heavy atom. The van der Waals surface area contributed by atoms with Crippen LogP contribution in [-0.2, 0) is 16.1 Å². The summed E-state index contributed by atoms with van der Waals surface area (Å²) < 4.78 is 0. The lowest BCUT2D eigenvalue weighted by Crippen LogP contribution is -3.09. The Bertz CT molecular complexity index is 843. The Hall–Kier alpha value is -1.96. The predicted molar refractivity (Wildman–Crippen MR) is 115 cm³/mol. The molecule has 28 heavy (non-hydrogen) atoms. The van der Waals surface area contributed by atoms with Crippen molar-refractivity contribution in [2.24, 2.45) is 0 Å². The minimum absolute atomic E-state index is 0.00961. The molecule has 8 heteroatoms. The van der Waals surface area contributed by atoms with E-state index in [0.717, 1.165) is 21.7 Å². The quantitative estimate of drug-likeness (QED) is 0.719. The van der Waals surface area contributed by atoms with Gasteiger partial charge >= 0.3 is 0 Å². The number of halogens is 1. The highest BCUT2D eigenvalue weighted by Crippen LogP contribution is 2.37. The molecule has 0 saturated heterocycles. The summed E-state index contributed by atoms with van der Waals surface area (Å²) in [4.78, 5) is 31.5. The van der Waals surface area contributed by atoms with E-state index in [0.29, 0.717) is 28.9 Å². The number of nitrogens with zero attached hydrogens (tertiary/aromatic N) is 2. The number of amides is 2. The summed E-state index contributed by atoms with van der Waals surface area (Å²) in [6, 6.07) is 3.97. The third-order valence-electron chi connectivity index (χ3n) is 4.06. The molecule has 0 bridgehead atoms. The number of likely N-dealkylation sites (N-methyl/N-ethyl adjacent to an activating group) is 1. The molecule has 0 aliphatic carbocycles. The van der Waals surface area contributed by atoms with Gasteiger partial charge in [-0.2, -0.15) is 0 Å². The minimum atomic E-state index is -0.147. The zero-order chi connectivity index (χ0) is 21.0. The fourth-order valence-electron chi connectivity index (χ4n) is 3.08. The highest BCUT2D eigenvalue weighted by molar-refractivity contribution is 7.14. The summed E-state index contributed by atoms with van der Waals surface area (Å²) in [6.07, 6.45) is 0. The monoisotopic (exact) mass is 423 g/mol. The van der Waals surface area contributed by atoms with Crippen LogP contribution in [0.25, 0.3) is 0 Å². The van der Waals surface area contributed by atoms with E-state index in [9.17, 15) is 9.59 Å². The Balaban J connectivity index is 2.20. The smallest absolute Gasteiger partial charge is 0.275 e. The van der Waals surface area contributed by atoms with Crippen LogP contribution in [0.2, 0.25) is 5.02 Å². The molecule has 1 aromatic heterocycles. The topological polar surface area (TPSA) is 66.7 Å². The van der Waals surface area contributed by atoms with Crippen molar-refractivity contribution in [3.8, 4) is 0 Å². The van der Waals surface area contributed by atoms with E-state index in [1.807, 2.05) is 52.3 Å². The summed E-state index contributed by atoms with van der Waals surface area (Å²) in [6.45, 7) is 10.2. The van der Waals surface area contributed by atoms with Gasteiger partial charge in [-0.05, 0) is 44.9 Å². The van der Waals surface area contributed by atoms with Crippen molar-refractivity contribution in [3.63, 3.8) is 0 Å². The molecule has 0 fully saturated rings. The van der Waals surface area contributed by atoms with Gasteiger partial charge in [0, 0.05) is 18.3 Å². The number of aryl methyl sites for hydroxylation is 2. The molecule has 0 saturated carbocycles. The molecule has 6 nitrogen and oxygen atoms in total. The Morgan fingerprint density at radius 3 is 2.57 bits per heavy atom. The molecule has 1 unspecified atom stereocenters. The minimum Gasteiger partial charge on any atom is -0.349 e. The number of hydrogen-bond donors (Lipinski definition) is 2. The number of hydrogen-bond acceptors (Lipinski definition) is 4. The lowest BCUT2D eigenvalue weighted by atomic mass is 10.1. The molecule has 0 aliphatic rings. The van der Waals surface area contributed by atoms with Gasteiger partial charge in [0.2, 0.25) is 5.91 Å². The first-order chi connectivity index (χ1) is 13.1. The first-order valence-corrected chi connectivity index (χ1v) is 10.5. The maximum atomic E-state index is 12.4. The third-order valence-corrected chi connectivity index (χ3v) is 5.23. The van der Waals surface area contributed by atoms with Crippen molar-refractivity contribution in [2.45, 2.75) is 47.2 Å². The van der Waals surface area contributed by atoms with E-state index in [1.165, 1.54) is 18.3 Å². The number of thiazole rings is 1. The van der Waals surface area contributed by atoms with Crippen LogP contribution in [0.5, 0.6) is 0 Å². The summed E-state index contributed by atoms with van der Waals surface area (Å²) in [7, 11) is 1.95. The van der Waals surface area contributed by atoms with Crippen molar-refractivity contribution in [1.29, 1.82) is 0 Å². The van der Waals surface area contributed by atoms with Crippen LogP contribution in [-0.4, -0.2) is 36.4 Å². The van der Waals surface area contributed by atoms with Crippen LogP contribution < -0.4 is 15.1 Å². The van der Waals surface area contributed by atoms with Crippen molar-refractivity contribution < 1.29 is 14.5 Å². The van der Waals surface area contributed by atoms with Crippen molar-refractivity contribution in [1.82, 2.24) is 10.3 Å². The van der Waals surface area contributed by atoms with E-state index >= 15 is 0 Å². The van der Waals surface area contributed by atoms with Gasteiger partial charge in [0.15, 0.2) is 11.7 Å². The standard InChI is InChI=1S/C20H27ClN4O2S/c1-12(2)22-18(27)10-24(6)9-16-11-28-20(23-16)25(15(5)26)19-14(4)7-13(3)8-17(19)21/h7-8,11-12H,9-10H2,1-6H3,(H,22,27)/p+1. The van der Waals surface area contributed by atoms with Crippen LogP contribution in [0, 0.1) is 13.8 Å². The van der Waals surface area contributed by atoms with Crippen LogP contribution in [0.4, 0.5) is 10.8 Å². The molecule has 1 heterocycles. The molecular weight excluding hydrogens is 396 g/mol. The van der Waals surface area contributed by atoms with E-state index in [1.54, 1.807) is 4.90 Å². The number of quaternary nitrogens is 1. The SMILES string of the molecule is CC(=O)N(c1nc(C[NH+](C)CC(=O)NC(C)C)cs1)c1c(C)cc(C)cc1Cl. The molecule has 0 radical (unpaired) electrons. The fraction of sp³-hybridized carbons (Fsp3) is 0.450. The van der Waals surface area contributed by atoms with Crippen molar-refractivity contribution in [2.75, 3.05) is 18.5 Å². The summed E-state index contributed by atoms with van der Waals surface area (Å²) >= 11 is 7.84. The second-order valence-electron chi connectivity index (χ2n) is 7.42. The predicted octanol–water partition coefficient (Wildman–Crippen LogP) is 2.64. The van der Waals surface area contributed by atoms with Gasteiger partial charge in [0.1, 0.15) is 12.2 Å². The number of carbonyl (C=O) groups excluding carboxylic acids is 2. The van der Waals surface area contributed by atoms with Crippen LogP contribution in [0.15, 0.2) is 17.5 Å². The number of aromatic nitrogens is 1. The third kappa shape index (κ3) is 5.77. The zero-order valence-corrected chi connectivity index (χ0v) is 18.8. The van der Waals surface area contributed by atoms with E-state index < -0.39 is 0 Å². The van der Waals surface area contributed by atoms with Gasteiger partial charge in [-0.15, -0.1) is 11.3 Å². The average molecular weight is 424 g/mol. The van der Waals surface area contributed by atoms with Gasteiger partial charge in [-0.1, -0.05) is 17.7 Å². The summed E-state index contributed by atoms with van der Waals surface area (Å²) in [5.41, 5.74) is 3.46. The van der Waals surface area contributed by atoms with Gasteiger partial charge in [-0.3, -0.25) is 14.5 Å². The molecular formula is C20H28ClN4O2S+. The highest BCUT2D eigenvalue weighted by atomic mass is 35.5. The van der Waals surface area contributed by atoms with Gasteiger partial charge < -0.3 is 10.2 Å². The molecule has 152 valence electrons. The van der Waals surface area contributed by atoms with E-state index in [-0.39, 0.29) is 17.9 Å². The Labute approximate surface area is 175 Å². The summed E-state index contributed by atoms with van der Waals surface area (Å²) in [5, 5.41) is 5.92. The molecule has 2 amide bonds. The molecule has 0 spiro atoms. The van der Waals surface area contributed by atoms with E-state index in [2.05, 4.69) is 10.3 Å². The molecule has 1 aromatic carbocycles. The number of carbonyl (C=O) groups is 2. The maximum absolute atomic E-state index is 12.4. The van der Waals surface area contributed by atoms with Crippen molar-refractivity contribution >= 4 is 45.6 Å². The van der Waals surface area contributed by atoms with Gasteiger partial charge in [0.25, 0.3) is 5.91 Å². The average Bonchev–Trinajstić information content (AvgIpc) is 2.96. The zero-order valence-electron chi connectivity index (χ0n) is 17.2. The number of rotatable bonds is 7. The number of anilines is 2. The molecule has 2 aromatic rings. The molecule has 2 rings (SSSR count). The summed E-state index contributed by atoms with van der Waals surface area (Å²) in [5.74, 6) is -0.137. The second kappa shape index (κ2) is 9.49. The number of benzene rings is 1. The molecule has 2 N–H and O–H groups in total.